The number of rotatable bonds is 5. The molecule has 0 aromatic carbocycles. The number of oxazole rings is 1. The van der Waals surface area contributed by atoms with Crippen LogP contribution < -0.4 is 0 Å². The van der Waals surface area contributed by atoms with Crippen LogP contribution >= 0.6 is 0 Å². The van der Waals surface area contributed by atoms with Gasteiger partial charge in [0.15, 0.2) is 0 Å². The molecule has 2 aromatic heterocycles. The van der Waals surface area contributed by atoms with Crippen molar-refractivity contribution in [3.63, 3.8) is 0 Å². The Bertz CT molecular complexity index is 662. The first kappa shape index (κ1) is 14.8. The Morgan fingerprint density at radius 2 is 2.36 bits per heavy atom. The van der Waals surface area contributed by atoms with E-state index in [0.717, 1.165) is 17.1 Å². The quantitative estimate of drug-likeness (QED) is 0.826. The maximum Gasteiger partial charge on any atom is 0.223 e. The molecule has 7 nitrogen and oxygen atoms in total. The molecule has 0 aliphatic carbocycles. The van der Waals surface area contributed by atoms with Crippen molar-refractivity contribution in [2.24, 2.45) is 7.05 Å². The Labute approximate surface area is 128 Å². The molecule has 0 spiro atoms. The fourth-order valence-corrected chi connectivity index (χ4v) is 2.69. The van der Waals surface area contributed by atoms with Gasteiger partial charge in [-0.25, -0.2) is 4.98 Å². The zero-order chi connectivity index (χ0) is 15.5. The molecule has 22 heavy (non-hydrogen) atoms. The van der Waals surface area contributed by atoms with Crippen LogP contribution in [0.2, 0.25) is 0 Å². The highest BCUT2D eigenvalue weighted by molar-refractivity contribution is 5.76. The molecule has 1 aliphatic heterocycles. The summed E-state index contributed by atoms with van der Waals surface area (Å²) in [5.41, 5.74) is 1.92. The molecule has 2 aromatic rings. The number of carbonyl (C=O) groups excluding carboxylic acids is 1. The summed E-state index contributed by atoms with van der Waals surface area (Å²) >= 11 is 0. The lowest BCUT2D eigenvalue weighted by Crippen LogP contribution is -2.36. The topological polar surface area (TPSA) is 73.4 Å². The maximum absolute atomic E-state index is 12.4. The second-order valence-corrected chi connectivity index (χ2v) is 5.42. The van der Waals surface area contributed by atoms with Gasteiger partial charge < -0.3 is 14.1 Å². The molecule has 0 N–H and O–H groups in total. The molecule has 0 unspecified atom stereocenters. The van der Waals surface area contributed by atoms with Crippen LogP contribution in [-0.2, 0) is 42.6 Å². The highest BCUT2D eigenvalue weighted by atomic mass is 16.5. The average molecular weight is 304 g/mol. The molecule has 1 amide bonds. The molecule has 0 fully saturated rings. The first-order chi connectivity index (χ1) is 10.7. The Morgan fingerprint density at radius 1 is 1.50 bits per heavy atom. The number of aryl methyl sites for hydroxylation is 2. The zero-order valence-electron chi connectivity index (χ0n) is 12.9. The van der Waals surface area contributed by atoms with Crippen LogP contribution in [0.15, 0.2) is 16.7 Å². The van der Waals surface area contributed by atoms with Crippen LogP contribution in [0, 0.1) is 0 Å². The minimum atomic E-state index is 0.142. The van der Waals surface area contributed by atoms with Gasteiger partial charge in [0.2, 0.25) is 11.8 Å². The molecule has 3 heterocycles. The lowest BCUT2D eigenvalue weighted by molar-refractivity contribution is -0.132. The third-order valence-corrected chi connectivity index (χ3v) is 3.91. The number of hydrogen-bond acceptors (Lipinski definition) is 5. The van der Waals surface area contributed by atoms with E-state index in [9.17, 15) is 4.79 Å². The molecule has 7 heteroatoms. The summed E-state index contributed by atoms with van der Waals surface area (Å²) in [6.07, 6.45) is 3.65. The molecule has 0 saturated heterocycles. The highest BCUT2D eigenvalue weighted by Gasteiger charge is 2.25. The standard InChI is InChI=1S/C15H20N4O3/c1-18-11(5-7-16-18)3-4-15(20)19-8-6-13-12(9-19)17-14(22-13)10-21-2/h5,7H,3-4,6,8-10H2,1-2H3. The van der Waals surface area contributed by atoms with E-state index in [2.05, 4.69) is 10.1 Å². The van der Waals surface area contributed by atoms with Gasteiger partial charge in [0, 0.05) is 45.4 Å². The predicted octanol–water partition coefficient (Wildman–Crippen LogP) is 1.07. The Hall–Kier alpha value is -2.15. The first-order valence-corrected chi connectivity index (χ1v) is 7.38. The van der Waals surface area contributed by atoms with Gasteiger partial charge >= 0.3 is 0 Å². The minimum Gasteiger partial charge on any atom is -0.443 e. The van der Waals surface area contributed by atoms with Crippen LogP contribution in [-0.4, -0.2) is 39.2 Å². The van der Waals surface area contributed by atoms with E-state index in [1.54, 1.807) is 18.0 Å². The fraction of sp³-hybridized carbons (Fsp3) is 0.533. The molecule has 1 aliphatic rings. The zero-order valence-corrected chi connectivity index (χ0v) is 12.9. The first-order valence-electron chi connectivity index (χ1n) is 7.38. The van der Waals surface area contributed by atoms with Gasteiger partial charge in [-0.05, 0) is 12.5 Å². The van der Waals surface area contributed by atoms with Crippen molar-refractivity contribution in [3.05, 3.63) is 35.3 Å². The Morgan fingerprint density at radius 3 is 3.09 bits per heavy atom. The summed E-state index contributed by atoms with van der Waals surface area (Å²) in [7, 11) is 3.50. The SMILES string of the molecule is COCc1nc2c(o1)CCN(C(=O)CCc1ccnn1C)C2. The third-order valence-electron chi connectivity index (χ3n) is 3.91. The van der Waals surface area contributed by atoms with Crippen molar-refractivity contribution in [2.75, 3.05) is 13.7 Å². The maximum atomic E-state index is 12.4. The van der Waals surface area contributed by atoms with E-state index in [0.29, 0.717) is 44.8 Å². The number of amides is 1. The number of carbonyl (C=O) groups is 1. The van der Waals surface area contributed by atoms with Crippen molar-refractivity contribution in [3.8, 4) is 0 Å². The normalized spacial score (nSPS) is 14.2. The number of ether oxygens (including phenoxy) is 1. The van der Waals surface area contributed by atoms with E-state index >= 15 is 0 Å². The van der Waals surface area contributed by atoms with Crippen molar-refractivity contribution in [2.45, 2.75) is 32.4 Å². The van der Waals surface area contributed by atoms with Gasteiger partial charge in [0.05, 0.1) is 6.54 Å². The van der Waals surface area contributed by atoms with Gasteiger partial charge in [-0.2, -0.15) is 5.10 Å². The Kier molecular flexibility index (Phi) is 4.24. The van der Waals surface area contributed by atoms with Gasteiger partial charge in [0.1, 0.15) is 18.1 Å². The molecular formula is C15H20N4O3. The monoisotopic (exact) mass is 304 g/mol. The fourth-order valence-electron chi connectivity index (χ4n) is 2.69. The molecule has 0 bridgehead atoms. The molecule has 0 saturated carbocycles. The lowest BCUT2D eigenvalue weighted by atomic mass is 10.1. The summed E-state index contributed by atoms with van der Waals surface area (Å²) in [5.74, 6) is 1.60. The van der Waals surface area contributed by atoms with E-state index in [4.69, 9.17) is 9.15 Å². The van der Waals surface area contributed by atoms with E-state index in [1.165, 1.54) is 0 Å². The van der Waals surface area contributed by atoms with Crippen LogP contribution in [0.4, 0.5) is 0 Å². The van der Waals surface area contributed by atoms with Gasteiger partial charge in [-0.1, -0.05) is 0 Å². The molecule has 0 radical (unpaired) electrons. The molecular weight excluding hydrogens is 284 g/mol. The van der Waals surface area contributed by atoms with Crippen LogP contribution in [0.25, 0.3) is 0 Å². The van der Waals surface area contributed by atoms with Gasteiger partial charge in [-0.15, -0.1) is 0 Å². The van der Waals surface area contributed by atoms with Gasteiger partial charge in [-0.3, -0.25) is 9.48 Å². The molecule has 118 valence electrons. The second-order valence-electron chi connectivity index (χ2n) is 5.42. The highest BCUT2D eigenvalue weighted by Crippen LogP contribution is 2.21. The predicted molar refractivity (Wildman–Crippen MR) is 77.9 cm³/mol. The second kappa shape index (κ2) is 6.31. The summed E-state index contributed by atoms with van der Waals surface area (Å²) in [6, 6.07) is 1.94. The number of nitrogens with zero attached hydrogens (tertiary/aromatic N) is 4. The van der Waals surface area contributed by atoms with Crippen molar-refractivity contribution in [1.29, 1.82) is 0 Å². The smallest absolute Gasteiger partial charge is 0.223 e. The van der Waals surface area contributed by atoms with Crippen LogP contribution in [0.3, 0.4) is 0 Å². The largest absolute Gasteiger partial charge is 0.443 e. The summed E-state index contributed by atoms with van der Waals surface area (Å²) < 4.78 is 12.5. The Balaban J connectivity index is 1.59. The van der Waals surface area contributed by atoms with E-state index in [-0.39, 0.29) is 5.91 Å². The summed E-state index contributed by atoms with van der Waals surface area (Å²) in [6.45, 7) is 1.56. The van der Waals surface area contributed by atoms with Crippen LogP contribution in [0.5, 0.6) is 0 Å². The number of fused-ring (bicyclic) bond motifs is 1. The van der Waals surface area contributed by atoms with Crippen LogP contribution in [0.1, 0.15) is 29.5 Å². The molecule has 0 atom stereocenters. The van der Waals surface area contributed by atoms with Crippen molar-refractivity contribution >= 4 is 5.91 Å². The summed E-state index contributed by atoms with van der Waals surface area (Å²) in [4.78, 5) is 18.6. The van der Waals surface area contributed by atoms with E-state index < -0.39 is 0 Å². The number of aromatic nitrogens is 3. The lowest BCUT2D eigenvalue weighted by Gasteiger charge is -2.25. The average Bonchev–Trinajstić information content (AvgIpc) is 3.09. The minimum absolute atomic E-state index is 0.142. The number of methoxy groups -OCH3 is 1. The summed E-state index contributed by atoms with van der Waals surface area (Å²) in [5, 5.41) is 4.11. The van der Waals surface area contributed by atoms with E-state index in [1.807, 2.05) is 18.0 Å². The van der Waals surface area contributed by atoms with Crippen molar-refractivity contribution in [1.82, 2.24) is 19.7 Å². The van der Waals surface area contributed by atoms with Crippen molar-refractivity contribution < 1.29 is 13.9 Å². The van der Waals surface area contributed by atoms with Gasteiger partial charge in [0.25, 0.3) is 0 Å². The number of hydrogen-bond donors (Lipinski definition) is 0. The third kappa shape index (κ3) is 3.04. The molecule has 3 rings (SSSR count).